The minimum Gasteiger partial charge on any atom is -0.466 e. The normalized spacial score (nSPS) is 12.8. The molecule has 0 rings (SSSR count). The van der Waals surface area contributed by atoms with Gasteiger partial charge in [-0.05, 0) is 57.8 Å². The monoisotopic (exact) mass is 832 g/mol. The number of nitrogens with one attached hydrogen (secondary N) is 1. The molecule has 0 aromatic heterocycles. The third kappa shape index (κ3) is 45.7. The van der Waals surface area contributed by atoms with Gasteiger partial charge in [0, 0.05) is 12.8 Å². The molecule has 0 aromatic rings. The second kappa shape index (κ2) is 49.0. The van der Waals surface area contributed by atoms with E-state index in [1.165, 1.54) is 205 Å². The summed E-state index contributed by atoms with van der Waals surface area (Å²) in [5.74, 6) is -0.0828. The molecule has 0 fully saturated rings. The van der Waals surface area contributed by atoms with Gasteiger partial charge in [-0.2, -0.15) is 0 Å². The third-order valence-corrected chi connectivity index (χ3v) is 12.0. The molecule has 6 nitrogen and oxygen atoms in total. The van der Waals surface area contributed by atoms with Gasteiger partial charge in [-0.25, -0.2) is 0 Å². The maximum Gasteiger partial charge on any atom is 0.305 e. The second-order valence-corrected chi connectivity index (χ2v) is 17.9. The molecule has 0 spiro atoms. The molecule has 59 heavy (non-hydrogen) atoms. The number of amides is 1. The van der Waals surface area contributed by atoms with E-state index in [9.17, 15) is 19.8 Å². The van der Waals surface area contributed by atoms with Crippen molar-refractivity contribution in [3.63, 3.8) is 0 Å². The molecule has 2 unspecified atom stereocenters. The van der Waals surface area contributed by atoms with Gasteiger partial charge in [-0.15, -0.1) is 0 Å². The summed E-state index contributed by atoms with van der Waals surface area (Å²) in [7, 11) is 0. The summed E-state index contributed by atoms with van der Waals surface area (Å²) < 4.78 is 5.46. The fourth-order valence-corrected chi connectivity index (χ4v) is 7.92. The lowest BCUT2D eigenvalue weighted by Gasteiger charge is -2.20. The number of aliphatic hydroxyl groups excluding tert-OH is 2. The van der Waals surface area contributed by atoms with E-state index in [4.69, 9.17) is 4.74 Å². The highest BCUT2D eigenvalue weighted by Crippen LogP contribution is 2.16. The van der Waals surface area contributed by atoms with E-state index in [0.29, 0.717) is 19.4 Å². The van der Waals surface area contributed by atoms with Crippen LogP contribution in [0.1, 0.15) is 277 Å². The van der Waals surface area contributed by atoms with Gasteiger partial charge in [0.25, 0.3) is 0 Å². The Morgan fingerprint density at radius 2 is 0.797 bits per heavy atom. The van der Waals surface area contributed by atoms with Crippen molar-refractivity contribution < 1.29 is 24.5 Å². The van der Waals surface area contributed by atoms with Crippen LogP contribution in [0.25, 0.3) is 0 Å². The van der Waals surface area contributed by atoms with E-state index in [0.717, 1.165) is 44.9 Å². The highest BCUT2D eigenvalue weighted by Gasteiger charge is 2.18. The van der Waals surface area contributed by atoms with E-state index in [2.05, 4.69) is 31.3 Å². The van der Waals surface area contributed by atoms with Crippen molar-refractivity contribution in [2.24, 2.45) is 0 Å². The van der Waals surface area contributed by atoms with Gasteiger partial charge in [0.2, 0.25) is 5.91 Å². The van der Waals surface area contributed by atoms with Crippen LogP contribution in [-0.2, 0) is 14.3 Å². The van der Waals surface area contributed by atoms with Crippen molar-refractivity contribution in [2.45, 2.75) is 289 Å². The molecule has 0 radical (unpaired) electrons. The Hall–Kier alpha value is -1.66. The van der Waals surface area contributed by atoms with Gasteiger partial charge < -0.3 is 20.3 Å². The van der Waals surface area contributed by atoms with Crippen LogP contribution in [0, 0.1) is 0 Å². The largest absolute Gasteiger partial charge is 0.466 e. The molecule has 0 saturated carbocycles. The molecule has 1 amide bonds. The van der Waals surface area contributed by atoms with E-state index in [1.54, 1.807) is 6.08 Å². The predicted molar refractivity (Wildman–Crippen MR) is 255 cm³/mol. The van der Waals surface area contributed by atoms with Crippen LogP contribution in [0.5, 0.6) is 0 Å². The van der Waals surface area contributed by atoms with Crippen molar-refractivity contribution in [1.82, 2.24) is 5.32 Å². The summed E-state index contributed by atoms with van der Waals surface area (Å²) in [6.07, 6.45) is 57.5. The van der Waals surface area contributed by atoms with Crippen LogP contribution in [0.3, 0.4) is 0 Å². The fraction of sp³-hybridized carbons (Fsp3) is 0.887. The first-order chi connectivity index (χ1) is 29.0. The summed E-state index contributed by atoms with van der Waals surface area (Å²) in [5.41, 5.74) is 0. The molecular formula is C53H101NO5. The molecule has 6 heteroatoms. The molecule has 3 N–H and O–H groups in total. The SMILES string of the molecule is CCCCCC/C=C\CCCCCCCC(=O)OCCCCCCCCCCCCCCCCCCC(=O)NC(CO)C(O)/C=C/CCCCCCCCCCCCC. The number of unbranched alkanes of at least 4 members (excludes halogenated alkanes) is 35. The lowest BCUT2D eigenvalue weighted by Crippen LogP contribution is -2.45. The third-order valence-electron chi connectivity index (χ3n) is 12.0. The first-order valence-corrected chi connectivity index (χ1v) is 26.1. The topological polar surface area (TPSA) is 95.9 Å². The number of aliphatic hydroxyl groups is 2. The van der Waals surface area contributed by atoms with Crippen molar-refractivity contribution >= 4 is 11.9 Å². The number of hydrogen-bond acceptors (Lipinski definition) is 5. The molecule has 0 bridgehead atoms. The Balaban J connectivity index is 3.45. The fourth-order valence-electron chi connectivity index (χ4n) is 7.92. The van der Waals surface area contributed by atoms with Gasteiger partial charge >= 0.3 is 5.97 Å². The molecule has 0 aliphatic heterocycles. The molecule has 0 saturated heterocycles. The standard InChI is InChI=1S/C53H101NO5/c1-3-5-7-9-11-13-15-21-25-29-33-37-41-45-51(56)50(49-55)54-52(57)46-42-38-34-30-26-23-19-17-18-20-24-28-32-36-40-44-48-59-53(58)47-43-39-35-31-27-22-16-14-12-10-8-6-4-2/h14,16,41,45,50-51,55-56H,3-13,15,17-40,42-44,46-49H2,1-2H3,(H,54,57)/b16-14-,45-41+. The minimum absolute atomic E-state index is 0.00744. The Morgan fingerprint density at radius 1 is 0.458 bits per heavy atom. The van der Waals surface area contributed by atoms with Crippen LogP contribution in [0.4, 0.5) is 0 Å². The summed E-state index contributed by atoms with van der Waals surface area (Å²) in [6, 6.07) is -0.632. The Kier molecular flexibility index (Phi) is 47.6. The quantitative estimate of drug-likeness (QED) is 0.0322. The van der Waals surface area contributed by atoms with Crippen LogP contribution in [0.2, 0.25) is 0 Å². The number of hydrogen-bond donors (Lipinski definition) is 3. The highest BCUT2D eigenvalue weighted by atomic mass is 16.5. The summed E-state index contributed by atoms with van der Waals surface area (Å²) in [4.78, 5) is 24.4. The summed E-state index contributed by atoms with van der Waals surface area (Å²) in [6.45, 7) is 4.86. The van der Waals surface area contributed by atoms with E-state index < -0.39 is 12.1 Å². The van der Waals surface area contributed by atoms with Crippen LogP contribution < -0.4 is 5.32 Å². The van der Waals surface area contributed by atoms with Crippen molar-refractivity contribution in [3.8, 4) is 0 Å². The average molecular weight is 832 g/mol. The average Bonchev–Trinajstić information content (AvgIpc) is 3.24. The molecule has 0 heterocycles. The smallest absolute Gasteiger partial charge is 0.305 e. The first-order valence-electron chi connectivity index (χ1n) is 26.1. The number of rotatable bonds is 48. The van der Waals surface area contributed by atoms with E-state index in [1.807, 2.05) is 6.08 Å². The van der Waals surface area contributed by atoms with Crippen molar-refractivity contribution in [3.05, 3.63) is 24.3 Å². The minimum atomic E-state index is -0.848. The Bertz CT molecular complexity index is 920. The lowest BCUT2D eigenvalue weighted by molar-refractivity contribution is -0.143. The second-order valence-electron chi connectivity index (χ2n) is 17.9. The van der Waals surface area contributed by atoms with Gasteiger partial charge in [0.05, 0.1) is 25.4 Å². The van der Waals surface area contributed by atoms with Crippen molar-refractivity contribution in [1.29, 1.82) is 0 Å². The maximum absolute atomic E-state index is 12.4. The molecule has 0 aromatic carbocycles. The zero-order valence-corrected chi connectivity index (χ0v) is 39.5. The number of esters is 1. The van der Waals surface area contributed by atoms with Gasteiger partial charge in [-0.1, -0.05) is 231 Å². The Labute approximate surface area is 367 Å². The van der Waals surface area contributed by atoms with Gasteiger partial charge in [0.15, 0.2) is 0 Å². The maximum atomic E-state index is 12.4. The molecule has 0 aliphatic carbocycles. The zero-order chi connectivity index (χ0) is 43.0. The zero-order valence-electron chi connectivity index (χ0n) is 39.5. The summed E-state index contributed by atoms with van der Waals surface area (Å²) in [5, 5.41) is 23.0. The highest BCUT2D eigenvalue weighted by molar-refractivity contribution is 5.76. The molecule has 2 atom stereocenters. The van der Waals surface area contributed by atoms with E-state index in [-0.39, 0.29) is 18.5 Å². The van der Waals surface area contributed by atoms with Gasteiger partial charge in [0.1, 0.15) is 0 Å². The van der Waals surface area contributed by atoms with Crippen molar-refractivity contribution in [2.75, 3.05) is 13.2 Å². The van der Waals surface area contributed by atoms with Crippen LogP contribution in [-0.4, -0.2) is 47.4 Å². The number of carbonyl (C=O) groups is 2. The predicted octanol–water partition coefficient (Wildman–Crippen LogP) is 15.5. The number of carbonyl (C=O) groups excluding carboxylic acids is 2. The lowest BCUT2D eigenvalue weighted by atomic mass is 10.0. The van der Waals surface area contributed by atoms with Gasteiger partial charge in [-0.3, -0.25) is 9.59 Å². The number of allylic oxidation sites excluding steroid dienone is 3. The molecule has 348 valence electrons. The van der Waals surface area contributed by atoms with Crippen LogP contribution in [0.15, 0.2) is 24.3 Å². The molecular weight excluding hydrogens is 731 g/mol. The van der Waals surface area contributed by atoms with E-state index >= 15 is 0 Å². The number of ether oxygens (including phenoxy) is 1. The summed E-state index contributed by atoms with van der Waals surface area (Å²) >= 11 is 0. The first kappa shape index (κ1) is 57.3. The Morgan fingerprint density at radius 3 is 1.22 bits per heavy atom. The van der Waals surface area contributed by atoms with Crippen LogP contribution >= 0.6 is 0 Å². The molecule has 0 aliphatic rings.